The minimum absolute atomic E-state index is 0.184. The van der Waals surface area contributed by atoms with Gasteiger partial charge in [0.2, 0.25) is 0 Å². The molecular formula is C13H20ClN3S. The van der Waals surface area contributed by atoms with Gasteiger partial charge in [0.25, 0.3) is 0 Å². The van der Waals surface area contributed by atoms with Gasteiger partial charge in [0.15, 0.2) is 0 Å². The molecule has 1 aromatic rings. The van der Waals surface area contributed by atoms with Crippen LogP contribution in [0.1, 0.15) is 44.0 Å². The summed E-state index contributed by atoms with van der Waals surface area (Å²) < 4.78 is 0.184. The monoisotopic (exact) mass is 285 g/mol. The molecule has 5 heteroatoms. The average Bonchev–Trinajstić information content (AvgIpc) is 3.15. The van der Waals surface area contributed by atoms with Crippen LogP contribution in [0.25, 0.3) is 0 Å². The standard InChI is InChI=1S/C13H20ClN3S/c1-8-10(14)16-12(9-5-6-9)17-11(8)15-7-13(2,3)18-4/h9H,5-7H2,1-4H3,(H,15,16,17). The molecule has 0 aliphatic heterocycles. The summed E-state index contributed by atoms with van der Waals surface area (Å²) in [5, 5.41) is 3.99. The maximum absolute atomic E-state index is 6.18. The van der Waals surface area contributed by atoms with Crippen LogP contribution in [0, 0.1) is 6.92 Å². The highest BCUT2D eigenvalue weighted by Gasteiger charge is 2.28. The zero-order valence-electron chi connectivity index (χ0n) is 11.4. The molecule has 0 aromatic carbocycles. The van der Waals surface area contributed by atoms with Gasteiger partial charge >= 0.3 is 0 Å². The summed E-state index contributed by atoms with van der Waals surface area (Å²) >= 11 is 8.02. The Hall–Kier alpha value is -0.480. The summed E-state index contributed by atoms with van der Waals surface area (Å²) in [6, 6.07) is 0. The fourth-order valence-electron chi connectivity index (χ4n) is 1.57. The number of aromatic nitrogens is 2. The van der Waals surface area contributed by atoms with E-state index in [0.29, 0.717) is 11.1 Å². The molecule has 18 heavy (non-hydrogen) atoms. The van der Waals surface area contributed by atoms with Crippen molar-refractivity contribution in [2.24, 2.45) is 0 Å². The first-order valence-corrected chi connectivity index (χ1v) is 7.86. The van der Waals surface area contributed by atoms with Crippen molar-refractivity contribution in [3.63, 3.8) is 0 Å². The molecule has 1 heterocycles. The van der Waals surface area contributed by atoms with Crippen LogP contribution < -0.4 is 5.32 Å². The van der Waals surface area contributed by atoms with Gasteiger partial charge in [-0.25, -0.2) is 9.97 Å². The number of nitrogens with zero attached hydrogens (tertiary/aromatic N) is 2. The molecule has 3 nitrogen and oxygen atoms in total. The Morgan fingerprint density at radius 3 is 2.61 bits per heavy atom. The van der Waals surface area contributed by atoms with Crippen molar-refractivity contribution < 1.29 is 0 Å². The van der Waals surface area contributed by atoms with Crippen molar-refractivity contribution in [2.75, 3.05) is 18.1 Å². The van der Waals surface area contributed by atoms with Gasteiger partial charge in [0.1, 0.15) is 16.8 Å². The second kappa shape index (κ2) is 5.25. The van der Waals surface area contributed by atoms with Gasteiger partial charge in [-0.3, -0.25) is 0 Å². The average molecular weight is 286 g/mol. The van der Waals surface area contributed by atoms with Crippen molar-refractivity contribution in [3.8, 4) is 0 Å². The molecule has 1 aliphatic carbocycles. The number of thioether (sulfide) groups is 1. The predicted octanol–water partition coefficient (Wildman–Crippen LogP) is 3.87. The summed E-state index contributed by atoms with van der Waals surface area (Å²) in [5.74, 6) is 2.31. The third kappa shape index (κ3) is 3.29. The summed E-state index contributed by atoms with van der Waals surface area (Å²) in [6.07, 6.45) is 4.50. The molecule has 1 aromatic heterocycles. The van der Waals surface area contributed by atoms with Gasteiger partial charge in [0.05, 0.1) is 0 Å². The summed E-state index contributed by atoms with van der Waals surface area (Å²) in [6.45, 7) is 7.26. The molecular weight excluding hydrogens is 266 g/mol. The quantitative estimate of drug-likeness (QED) is 0.834. The third-order valence-corrected chi connectivity index (χ3v) is 4.90. The molecule has 1 fully saturated rings. The second-order valence-electron chi connectivity index (χ2n) is 5.44. The fraction of sp³-hybridized carbons (Fsp3) is 0.692. The van der Waals surface area contributed by atoms with Crippen LogP contribution in [0.2, 0.25) is 5.15 Å². The van der Waals surface area contributed by atoms with Gasteiger partial charge in [-0.05, 0) is 39.9 Å². The third-order valence-electron chi connectivity index (χ3n) is 3.28. The van der Waals surface area contributed by atoms with E-state index in [4.69, 9.17) is 11.6 Å². The van der Waals surface area contributed by atoms with E-state index in [2.05, 4.69) is 35.4 Å². The van der Waals surface area contributed by atoms with Crippen molar-refractivity contribution in [1.82, 2.24) is 9.97 Å². The van der Waals surface area contributed by atoms with E-state index in [0.717, 1.165) is 23.8 Å². The lowest BCUT2D eigenvalue weighted by molar-refractivity contribution is 0.747. The molecule has 0 spiro atoms. The Morgan fingerprint density at radius 2 is 2.06 bits per heavy atom. The minimum Gasteiger partial charge on any atom is -0.368 e. The number of hydrogen-bond donors (Lipinski definition) is 1. The lowest BCUT2D eigenvalue weighted by Gasteiger charge is -2.23. The molecule has 0 amide bonds. The van der Waals surface area contributed by atoms with E-state index >= 15 is 0 Å². The van der Waals surface area contributed by atoms with Gasteiger partial charge in [-0.2, -0.15) is 11.8 Å². The summed E-state index contributed by atoms with van der Waals surface area (Å²) in [4.78, 5) is 8.99. The van der Waals surface area contributed by atoms with E-state index in [1.54, 1.807) is 0 Å². The lowest BCUT2D eigenvalue weighted by atomic mass is 10.2. The second-order valence-corrected chi connectivity index (χ2v) is 7.31. The summed E-state index contributed by atoms with van der Waals surface area (Å²) in [7, 11) is 0. The summed E-state index contributed by atoms with van der Waals surface area (Å²) in [5.41, 5.74) is 0.943. The van der Waals surface area contributed by atoms with Crippen molar-refractivity contribution >= 4 is 29.2 Å². The number of halogens is 1. The molecule has 2 rings (SSSR count). The Bertz CT molecular complexity index is 444. The number of hydrogen-bond acceptors (Lipinski definition) is 4. The van der Waals surface area contributed by atoms with Crippen molar-refractivity contribution in [2.45, 2.75) is 44.3 Å². The fourth-order valence-corrected chi connectivity index (χ4v) is 1.96. The molecule has 0 saturated heterocycles. The number of nitrogens with one attached hydrogen (secondary N) is 1. The van der Waals surface area contributed by atoms with Crippen molar-refractivity contribution in [1.29, 1.82) is 0 Å². The molecule has 0 radical (unpaired) electrons. The largest absolute Gasteiger partial charge is 0.368 e. The molecule has 1 N–H and O–H groups in total. The SMILES string of the molecule is CSC(C)(C)CNc1nc(C2CC2)nc(Cl)c1C. The van der Waals surface area contributed by atoms with Crippen LogP contribution in [0.5, 0.6) is 0 Å². The zero-order chi connectivity index (χ0) is 13.3. The highest BCUT2D eigenvalue weighted by molar-refractivity contribution is 7.99. The van der Waals surface area contributed by atoms with Crippen LogP contribution in [0.4, 0.5) is 5.82 Å². The zero-order valence-corrected chi connectivity index (χ0v) is 13.0. The van der Waals surface area contributed by atoms with E-state index in [1.165, 1.54) is 12.8 Å². The maximum atomic E-state index is 6.18. The van der Waals surface area contributed by atoms with Crippen LogP contribution in [0.3, 0.4) is 0 Å². The Kier molecular flexibility index (Phi) is 4.07. The first-order valence-electron chi connectivity index (χ1n) is 6.26. The molecule has 100 valence electrons. The Labute approximate surface area is 118 Å². The Balaban J connectivity index is 2.16. The van der Waals surface area contributed by atoms with E-state index in [1.807, 2.05) is 18.7 Å². The molecule has 0 atom stereocenters. The maximum Gasteiger partial charge on any atom is 0.137 e. The van der Waals surface area contributed by atoms with Crippen LogP contribution in [-0.4, -0.2) is 27.5 Å². The molecule has 0 bridgehead atoms. The number of anilines is 1. The van der Waals surface area contributed by atoms with Crippen molar-refractivity contribution in [3.05, 3.63) is 16.5 Å². The van der Waals surface area contributed by atoms with Gasteiger partial charge in [-0.1, -0.05) is 11.6 Å². The highest BCUT2D eigenvalue weighted by Crippen LogP contribution is 2.39. The van der Waals surface area contributed by atoms with Crippen LogP contribution >= 0.6 is 23.4 Å². The van der Waals surface area contributed by atoms with E-state index in [-0.39, 0.29) is 4.75 Å². The van der Waals surface area contributed by atoms with Gasteiger partial charge in [-0.15, -0.1) is 0 Å². The Morgan fingerprint density at radius 1 is 1.39 bits per heavy atom. The predicted molar refractivity (Wildman–Crippen MR) is 79.8 cm³/mol. The normalized spacial score (nSPS) is 15.8. The lowest BCUT2D eigenvalue weighted by Crippen LogP contribution is -2.26. The highest BCUT2D eigenvalue weighted by atomic mass is 35.5. The van der Waals surface area contributed by atoms with E-state index < -0.39 is 0 Å². The van der Waals surface area contributed by atoms with Crippen LogP contribution in [-0.2, 0) is 0 Å². The smallest absolute Gasteiger partial charge is 0.137 e. The molecule has 1 saturated carbocycles. The number of rotatable bonds is 5. The van der Waals surface area contributed by atoms with Gasteiger partial charge in [0, 0.05) is 22.8 Å². The van der Waals surface area contributed by atoms with E-state index in [9.17, 15) is 0 Å². The topological polar surface area (TPSA) is 37.8 Å². The molecule has 0 unspecified atom stereocenters. The minimum atomic E-state index is 0.184. The first kappa shape index (κ1) is 13.9. The first-order chi connectivity index (χ1) is 8.43. The van der Waals surface area contributed by atoms with Crippen LogP contribution in [0.15, 0.2) is 0 Å². The molecule has 1 aliphatic rings. The van der Waals surface area contributed by atoms with Gasteiger partial charge < -0.3 is 5.32 Å².